The number of benzene rings is 1. The maximum absolute atomic E-state index is 4.49. The lowest BCUT2D eigenvalue weighted by atomic mass is 9.88. The predicted molar refractivity (Wildman–Crippen MR) is 253 cm³/mol. The highest BCUT2D eigenvalue weighted by molar-refractivity contribution is 5.41. The molecule has 1 aromatic carbocycles. The zero-order chi connectivity index (χ0) is 39.5. The Balaban J connectivity index is 2.40. The lowest BCUT2D eigenvalue weighted by Gasteiger charge is -2.17. The lowest BCUT2D eigenvalue weighted by Crippen LogP contribution is -2.03. The highest BCUT2D eigenvalue weighted by Crippen LogP contribution is 2.26. The molecule has 0 bridgehead atoms. The Hall–Kier alpha value is -0.780. The molecule has 0 N–H and O–H groups in total. The largest absolute Gasteiger partial charge is 0.0654 e. The lowest BCUT2D eigenvalue weighted by molar-refractivity contribution is 0.533. The van der Waals surface area contributed by atoms with E-state index in [1.165, 1.54) is 295 Å². The average Bonchev–Trinajstić information content (AvgIpc) is 3.18. The van der Waals surface area contributed by atoms with Crippen LogP contribution in [-0.2, 0) is 19.3 Å². The fourth-order valence-corrected chi connectivity index (χ4v) is 9.15. The Morgan fingerprint density at radius 2 is 0.436 bits per heavy atom. The SMILES string of the molecule is [CH2]c1cc(CCCCCCCCCCCCCCCC)c(CCCCCCCCCCCCCCCC)c(CCCCCCCCCCCCCCCC)c1. The van der Waals surface area contributed by atoms with Crippen LogP contribution in [0, 0.1) is 6.92 Å². The van der Waals surface area contributed by atoms with Crippen LogP contribution in [0.4, 0.5) is 0 Å². The first kappa shape index (κ1) is 52.2. The van der Waals surface area contributed by atoms with Gasteiger partial charge in [0.25, 0.3) is 0 Å². The maximum atomic E-state index is 4.49. The van der Waals surface area contributed by atoms with Gasteiger partial charge in [0.1, 0.15) is 0 Å². The van der Waals surface area contributed by atoms with Crippen molar-refractivity contribution in [1.29, 1.82) is 0 Å². The number of unbranched alkanes of at least 4 members (excludes halogenated alkanes) is 39. The van der Waals surface area contributed by atoms with Crippen molar-refractivity contribution in [3.05, 3.63) is 41.3 Å². The summed E-state index contributed by atoms with van der Waals surface area (Å²) in [6.45, 7) is 11.4. The Morgan fingerprint density at radius 1 is 0.255 bits per heavy atom. The summed E-state index contributed by atoms with van der Waals surface area (Å²) in [6, 6.07) is 4.96. The second-order valence-corrected chi connectivity index (χ2v) is 18.4. The van der Waals surface area contributed by atoms with Crippen molar-refractivity contribution in [3.63, 3.8) is 0 Å². The summed E-state index contributed by atoms with van der Waals surface area (Å²) in [4.78, 5) is 0. The molecular weight excluding hydrogens is 661 g/mol. The molecule has 1 radical (unpaired) electrons. The summed E-state index contributed by atoms with van der Waals surface area (Å²) in [7, 11) is 0. The van der Waals surface area contributed by atoms with Gasteiger partial charge in [-0.2, -0.15) is 0 Å². The molecule has 0 aliphatic rings. The van der Waals surface area contributed by atoms with Crippen molar-refractivity contribution < 1.29 is 0 Å². The van der Waals surface area contributed by atoms with Crippen LogP contribution in [0.25, 0.3) is 0 Å². The molecule has 0 saturated heterocycles. The summed E-state index contributed by atoms with van der Waals surface area (Å²) in [6.07, 6.45) is 64.4. The molecule has 0 fully saturated rings. The molecule has 0 spiro atoms. The minimum atomic E-state index is 1.27. The average molecular weight is 764 g/mol. The molecule has 323 valence electrons. The van der Waals surface area contributed by atoms with Crippen molar-refractivity contribution in [3.8, 4) is 0 Å². The van der Waals surface area contributed by atoms with E-state index >= 15 is 0 Å². The second-order valence-electron chi connectivity index (χ2n) is 18.4. The van der Waals surface area contributed by atoms with E-state index in [2.05, 4.69) is 39.8 Å². The Morgan fingerprint density at radius 3 is 0.655 bits per heavy atom. The van der Waals surface area contributed by atoms with Gasteiger partial charge in [-0.05, 0) is 67.7 Å². The molecule has 0 aliphatic carbocycles. The van der Waals surface area contributed by atoms with Crippen molar-refractivity contribution in [2.24, 2.45) is 0 Å². The number of aryl methyl sites for hydroxylation is 2. The number of hydrogen-bond donors (Lipinski definition) is 0. The van der Waals surface area contributed by atoms with Gasteiger partial charge in [0.15, 0.2) is 0 Å². The Labute approximate surface area is 349 Å². The molecule has 0 saturated carbocycles. The molecule has 0 unspecified atom stereocenters. The third kappa shape index (κ3) is 34.9. The molecular formula is C55H103. The first-order valence-electron chi connectivity index (χ1n) is 26.2. The Kier molecular flexibility index (Phi) is 40.7. The van der Waals surface area contributed by atoms with Crippen molar-refractivity contribution in [1.82, 2.24) is 0 Å². The molecule has 0 nitrogen and oxygen atoms in total. The Bertz CT molecular complexity index is 827. The minimum absolute atomic E-state index is 1.27. The molecule has 0 aromatic heterocycles. The van der Waals surface area contributed by atoms with Crippen LogP contribution in [0.2, 0.25) is 0 Å². The van der Waals surface area contributed by atoms with Gasteiger partial charge in [0.05, 0.1) is 0 Å². The second kappa shape index (κ2) is 42.8. The standard InChI is InChI=1S/C55H103/c1-5-8-11-14-17-20-23-26-29-32-35-38-41-44-47-53-50-52(4)51-54(48-45-42-39-36-33-30-27-24-21-18-15-12-9-6-2)55(53)49-46-43-40-37-34-31-28-25-22-19-16-13-10-7-3/h50-51H,4-49H2,1-3H3. The molecule has 0 amide bonds. The number of rotatable bonds is 45. The predicted octanol–water partition coefficient (Wildman–Crippen LogP) is 19.9. The van der Waals surface area contributed by atoms with E-state index in [0.717, 1.165) is 0 Å². The van der Waals surface area contributed by atoms with Crippen LogP contribution in [-0.4, -0.2) is 0 Å². The number of hydrogen-bond acceptors (Lipinski definition) is 0. The normalized spacial score (nSPS) is 11.6. The highest BCUT2D eigenvalue weighted by Gasteiger charge is 2.11. The van der Waals surface area contributed by atoms with E-state index in [-0.39, 0.29) is 0 Å². The van der Waals surface area contributed by atoms with Crippen molar-refractivity contribution >= 4 is 0 Å². The summed E-state index contributed by atoms with van der Waals surface area (Å²) in [5.41, 5.74) is 6.35. The molecule has 1 aromatic rings. The quantitative estimate of drug-likeness (QED) is 0.0580. The summed E-state index contributed by atoms with van der Waals surface area (Å²) < 4.78 is 0. The van der Waals surface area contributed by atoms with Gasteiger partial charge in [0.2, 0.25) is 0 Å². The van der Waals surface area contributed by atoms with E-state index < -0.39 is 0 Å². The van der Waals surface area contributed by atoms with E-state index in [0.29, 0.717) is 0 Å². The highest BCUT2D eigenvalue weighted by atomic mass is 14.2. The van der Waals surface area contributed by atoms with Crippen LogP contribution in [0.3, 0.4) is 0 Å². The summed E-state index contributed by atoms with van der Waals surface area (Å²) in [5, 5.41) is 0. The van der Waals surface area contributed by atoms with Crippen LogP contribution in [0.1, 0.15) is 313 Å². The topological polar surface area (TPSA) is 0 Å². The summed E-state index contributed by atoms with van der Waals surface area (Å²) >= 11 is 0. The molecule has 0 heteroatoms. The van der Waals surface area contributed by atoms with E-state index in [1.807, 2.05) is 0 Å². The summed E-state index contributed by atoms with van der Waals surface area (Å²) in [5.74, 6) is 0. The fourth-order valence-electron chi connectivity index (χ4n) is 9.15. The van der Waals surface area contributed by atoms with E-state index in [9.17, 15) is 0 Å². The van der Waals surface area contributed by atoms with Gasteiger partial charge < -0.3 is 0 Å². The van der Waals surface area contributed by atoms with E-state index in [4.69, 9.17) is 0 Å². The molecule has 55 heavy (non-hydrogen) atoms. The molecule has 0 aliphatic heterocycles. The third-order valence-electron chi connectivity index (χ3n) is 12.9. The van der Waals surface area contributed by atoms with Gasteiger partial charge in [-0.1, -0.05) is 283 Å². The van der Waals surface area contributed by atoms with Crippen molar-refractivity contribution in [2.45, 2.75) is 310 Å². The first-order valence-corrected chi connectivity index (χ1v) is 26.2. The zero-order valence-electron chi connectivity index (χ0n) is 38.7. The monoisotopic (exact) mass is 764 g/mol. The van der Waals surface area contributed by atoms with Crippen molar-refractivity contribution in [2.75, 3.05) is 0 Å². The van der Waals surface area contributed by atoms with Gasteiger partial charge in [-0.3, -0.25) is 0 Å². The third-order valence-corrected chi connectivity index (χ3v) is 12.9. The van der Waals surface area contributed by atoms with Crippen LogP contribution < -0.4 is 0 Å². The van der Waals surface area contributed by atoms with Crippen LogP contribution in [0.5, 0.6) is 0 Å². The molecule has 0 heterocycles. The van der Waals surface area contributed by atoms with Gasteiger partial charge >= 0.3 is 0 Å². The first-order chi connectivity index (χ1) is 27.2. The molecule has 1 rings (SSSR count). The zero-order valence-corrected chi connectivity index (χ0v) is 38.7. The van der Waals surface area contributed by atoms with Crippen LogP contribution in [0.15, 0.2) is 12.1 Å². The van der Waals surface area contributed by atoms with Gasteiger partial charge in [-0.15, -0.1) is 0 Å². The fraction of sp³-hybridized carbons (Fsp3) is 0.873. The van der Waals surface area contributed by atoms with Gasteiger partial charge in [-0.25, -0.2) is 0 Å². The minimum Gasteiger partial charge on any atom is -0.0654 e. The van der Waals surface area contributed by atoms with E-state index in [1.54, 1.807) is 16.7 Å². The smallest absolute Gasteiger partial charge is 0.0238 e. The van der Waals surface area contributed by atoms with Gasteiger partial charge in [0, 0.05) is 0 Å². The molecule has 0 atom stereocenters. The maximum Gasteiger partial charge on any atom is -0.0238 e. The van der Waals surface area contributed by atoms with Crippen LogP contribution >= 0.6 is 0 Å².